The van der Waals surface area contributed by atoms with Crippen molar-refractivity contribution in [2.45, 2.75) is 63.6 Å². The second-order valence-electron chi connectivity index (χ2n) is 7.80. The number of aryl methyl sites for hydroxylation is 2. The van der Waals surface area contributed by atoms with E-state index in [1.165, 1.54) is 31.0 Å². The van der Waals surface area contributed by atoms with Gasteiger partial charge < -0.3 is 5.32 Å². The Bertz CT molecular complexity index is 1110. The topological polar surface area (TPSA) is 99.4 Å². The highest BCUT2D eigenvalue weighted by Crippen LogP contribution is 2.24. The molecule has 1 aliphatic rings. The van der Waals surface area contributed by atoms with Crippen molar-refractivity contribution < 1.29 is 4.79 Å². The number of nitrogens with one attached hydrogen (secondary N) is 3. The Labute approximate surface area is 180 Å². The molecule has 0 unspecified atom stereocenters. The fourth-order valence-corrected chi connectivity index (χ4v) is 4.94. The largest absolute Gasteiger partial charge is 0.353 e. The highest BCUT2D eigenvalue weighted by molar-refractivity contribution is 7.99. The number of hydrogen-bond acceptors (Lipinski definition) is 5. The summed E-state index contributed by atoms with van der Waals surface area (Å²) >= 11 is 1.36. The Morgan fingerprint density at radius 2 is 2.07 bits per heavy atom. The minimum atomic E-state index is 0.0221. The third kappa shape index (κ3) is 4.14. The van der Waals surface area contributed by atoms with Gasteiger partial charge in [0.2, 0.25) is 5.91 Å². The minimum Gasteiger partial charge on any atom is -0.353 e. The number of nitrogens with zero attached hydrogens (tertiary/aromatic N) is 3. The summed E-state index contributed by atoms with van der Waals surface area (Å²) in [5.41, 5.74) is 3.72. The van der Waals surface area contributed by atoms with Gasteiger partial charge in [0.05, 0.1) is 16.8 Å². The van der Waals surface area contributed by atoms with Crippen LogP contribution < -0.4 is 10.8 Å². The van der Waals surface area contributed by atoms with Gasteiger partial charge in [-0.15, -0.1) is 0 Å². The quantitative estimate of drug-likeness (QED) is 0.415. The Morgan fingerprint density at radius 3 is 2.83 bits per heavy atom. The molecular weight excluding hydrogens is 396 g/mol. The first-order valence-electron chi connectivity index (χ1n) is 10.6. The molecule has 3 N–H and O–H groups in total. The Hall–Kier alpha value is -2.61. The number of thioether (sulfide) groups is 1. The highest BCUT2D eigenvalue weighted by atomic mass is 32.2. The third-order valence-electron chi connectivity index (χ3n) is 5.70. The molecular formula is C22H28N6OS. The number of fused-ring (bicyclic) bond motifs is 1. The molecule has 3 aromatic rings. The smallest absolute Gasteiger partial charge is 0.230 e. The van der Waals surface area contributed by atoms with Crippen LogP contribution in [0.1, 0.15) is 50.3 Å². The predicted molar refractivity (Wildman–Crippen MR) is 119 cm³/mol. The van der Waals surface area contributed by atoms with E-state index < -0.39 is 0 Å². The van der Waals surface area contributed by atoms with Gasteiger partial charge in [0.15, 0.2) is 10.8 Å². The summed E-state index contributed by atoms with van der Waals surface area (Å²) in [4.78, 5) is 17.3. The number of rotatable bonds is 6. The van der Waals surface area contributed by atoms with E-state index in [-0.39, 0.29) is 17.7 Å². The Kier molecular flexibility index (Phi) is 6.22. The standard InChI is InChI=1S/C22H28N6OS/c1-3-15-9-7-8-12-17(15)28-20(23)19-14(2)26-27-21(19)25-22(28)30-13-18(29)24-16-10-5-4-6-11-16/h7-9,12,16,23H,3-6,10-11,13H2,1-2H3,(H,24,29)(H,26,27). The monoisotopic (exact) mass is 424 g/mol. The van der Waals surface area contributed by atoms with Gasteiger partial charge in [-0.05, 0) is 37.8 Å². The molecule has 0 radical (unpaired) electrons. The number of hydrogen-bond donors (Lipinski definition) is 3. The lowest BCUT2D eigenvalue weighted by Crippen LogP contribution is -2.37. The fraction of sp³-hybridized carbons (Fsp3) is 0.455. The molecule has 158 valence electrons. The lowest BCUT2D eigenvalue weighted by Gasteiger charge is -2.22. The van der Waals surface area contributed by atoms with Gasteiger partial charge in [-0.25, -0.2) is 4.98 Å². The summed E-state index contributed by atoms with van der Waals surface area (Å²) < 4.78 is 1.85. The maximum Gasteiger partial charge on any atom is 0.230 e. The third-order valence-corrected chi connectivity index (χ3v) is 6.64. The molecule has 1 amide bonds. The van der Waals surface area contributed by atoms with Crippen molar-refractivity contribution >= 4 is 28.7 Å². The summed E-state index contributed by atoms with van der Waals surface area (Å²) in [6, 6.07) is 8.34. The zero-order valence-corrected chi connectivity index (χ0v) is 18.3. The van der Waals surface area contributed by atoms with Crippen LogP contribution in [0.3, 0.4) is 0 Å². The van der Waals surface area contributed by atoms with Crippen molar-refractivity contribution in [3.8, 4) is 5.69 Å². The van der Waals surface area contributed by atoms with Gasteiger partial charge in [0.25, 0.3) is 0 Å². The maximum atomic E-state index is 12.6. The van der Waals surface area contributed by atoms with Gasteiger partial charge in [-0.2, -0.15) is 5.10 Å². The molecule has 1 aromatic carbocycles. The number of carbonyl (C=O) groups is 1. The number of benzene rings is 1. The minimum absolute atomic E-state index is 0.0221. The SMILES string of the molecule is CCc1ccccc1-n1c(SCC(=O)NC2CCCCC2)nc2n[nH]c(C)c2c1=N. The van der Waals surface area contributed by atoms with Crippen LogP contribution in [-0.2, 0) is 11.2 Å². The van der Waals surface area contributed by atoms with Crippen molar-refractivity contribution in [3.63, 3.8) is 0 Å². The Morgan fingerprint density at radius 1 is 1.30 bits per heavy atom. The number of amides is 1. The van der Waals surface area contributed by atoms with E-state index in [1.807, 2.05) is 29.7 Å². The molecule has 2 aromatic heterocycles. The molecule has 7 nitrogen and oxygen atoms in total. The Balaban J connectivity index is 1.68. The molecule has 1 fully saturated rings. The molecule has 8 heteroatoms. The second-order valence-corrected chi connectivity index (χ2v) is 8.74. The van der Waals surface area contributed by atoms with Crippen LogP contribution in [-0.4, -0.2) is 37.5 Å². The van der Waals surface area contributed by atoms with Crippen molar-refractivity contribution in [1.29, 1.82) is 5.41 Å². The van der Waals surface area contributed by atoms with Crippen molar-refractivity contribution in [1.82, 2.24) is 25.1 Å². The molecule has 1 saturated carbocycles. The average Bonchev–Trinajstić information content (AvgIpc) is 3.14. The number of H-pyrrole nitrogens is 1. The summed E-state index contributed by atoms with van der Waals surface area (Å²) in [5.74, 6) is 0.292. The molecule has 0 atom stereocenters. The fourth-order valence-electron chi connectivity index (χ4n) is 4.12. The number of carbonyl (C=O) groups excluding carboxylic acids is 1. The first kappa shape index (κ1) is 20.7. The summed E-state index contributed by atoms with van der Waals surface area (Å²) in [7, 11) is 0. The highest BCUT2D eigenvalue weighted by Gasteiger charge is 2.19. The van der Waals surface area contributed by atoms with Crippen LogP contribution in [0.5, 0.6) is 0 Å². The van der Waals surface area contributed by atoms with Crippen LogP contribution in [0.25, 0.3) is 16.7 Å². The van der Waals surface area contributed by atoms with Crippen LogP contribution in [0.15, 0.2) is 29.4 Å². The van der Waals surface area contributed by atoms with Crippen LogP contribution in [0.2, 0.25) is 0 Å². The molecule has 30 heavy (non-hydrogen) atoms. The van der Waals surface area contributed by atoms with Crippen LogP contribution in [0.4, 0.5) is 0 Å². The first-order chi connectivity index (χ1) is 14.6. The van der Waals surface area contributed by atoms with E-state index in [1.54, 1.807) is 0 Å². The summed E-state index contributed by atoms with van der Waals surface area (Å²) in [5, 5.41) is 20.6. The molecule has 0 bridgehead atoms. The zero-order valence-electron chi connectivity index (χ0n) is 17.5. The van der Waals surface area contributed by atoms with Gasteiger partial charge in [0.1, 0.15) is 5.49 Å². The lowest BCUT2D eigenvalue weighted by molar-refractivity contribution is -0.119. The normalized spacial score (nSPS) is 14.9. The van der Waals surface area contributed by atoms with Gasteiger partial charge >= 0.3 is 0 Å². The van der Waals surface area contributed by atoms with E-state index >= 15 is 0 Å². The maximum absolute atomic E-state index is 12.6. The van der Waals surface area contributed by atoms with Crippen molar-refractivity contribution in [3.05, 3.63) is 41.0 Å². The zero-order chi connectivity index (χ0) is 21.1. The van der Waals surface area contributed by atoms with E-state index in [0.29, 0.717) is 21.7 Å². The van der Waals surface area contributed by atoms with Gasteiger partial charge in [0, 0.05) is 11.7 Å². The summed E-state index contributed by atoms with van der Waals surface area (Å²) in [6.07, 6.45) is 6.60. The van der Waals surface area contributed by atoms with E-state index in [4.69, 9.17) is 10.4 Å². The van der Waals surface area contributed by atoms with Crippen LogP contribution in [0, 0.1) is 12.3 Å². The van der Waals surface area contributed by atoms with Gasteiger partial charge in [-0.1, -0.05) is 56.1 Å². The van der Waals surface area contributed by atoms with Crippen LogP contribution >= 0.6 is 11.8 Å². The molecule has 0 spiro atoms. The van der Waals surface area contributed by atoms with E-state index in [2.05, 4.69) is 28.5 Å². The first-order valence-corrected chi connectivity index (χ1v) is 11.6. The molecule has 2 heterocycles. The van der Waals surface area contributed by atoms with Crippen molar-refractivity contribution in [2.24, 2.45) is 0 Å². The molecule has 0 aliphatic heterocycles. The lowest BCUT2D eigenvalue weighted by atomic mass is 9.95. The number of para-hydroxylation sites is 1. The second kappa shape index (κ2) is 9.04. The van der Waals surface area contributed by atoms with Gasteiger partial charge in [-0.3, -0.25) is 19.9 Å². The van der Waals surface area contributed by atoms with E-state index in [9.17, 15) is 4.79 Å². The van der Waals surface area contributed by atoms with Crippen molar-refractivity contribution in [2.75, 3.05) is 5.75 Å². The summed E-state index contributed by atoms with van der Waals surface area (Å²) in [6.45, 7) is 4.00. The number of aromatic nitrogens is 4. The van der Waals surface area contributed by atoms with E-state index in [0.717, 1.165) is 36.2 Å². The molecule has 1 aliphatic carbocycles. The molecule has 4 rings (SSSR count). The predicted octanol–water partition coefficient (Wildman–Crippen LogP) is 3.64. The molecule has 0 saturated heterocycles. The number of aromatic amines is 1. The average molecular weight is 425 g/mol.